The molecule has 2 unspecified atom stereocenters. The van der Waals surface area contributed by atoms with E-state index in [0.717, 1.165) is 13.0 Å². The predicted molar refractivity (Wildman–Crippen MR) is 66.6 cm³/mol. The fourth-order valence-electron chi connectivity index (χ4n) is 2.34. The molecule has 17 heavy (non-hydrogen) atoms. The highest BCUT2D eigenvalue weighted by Crippen LogP contribution is 2.23. The molecule has 0 spiro atoms. The highest BCUT2D eigenvalue weighted by atomic mass is 16.5. The number of aliphatic hydroxyl groups excluding tert-OH is 1. The van der Waals surface area contributed by atoms with Crippen molar-refractivity contribution in [3.8, 4) is 0 Å². The molecule has 0 aromatic carbocycles. The van der Waals surface area contributed by atoms with Crippen molar-refractivity contribution in [2.24, 2.45) is 5.92 Å². The van der Waals surface area contributed by atoms with E-state index in [-0.39, 0.29) is 18.6 Å². The molecule has 98 valence electrons. The third kappa shape index (κ3) is 3.54. The van der Waals surface area contributed by atoms with Gasteiger partial charge in [0.1, 0.15) is 0 Å². The summed E-state index contributed by atoms with van der Waals surface area (Å²) in [6.45, 7) is 5.99. The fraction of sp³-hybridized carbons (Fsp3) is 0.769. The van der Waals surface area contributed by atoms with Crippen LogP contribution in [0.5, 0.6) is 0 Å². The lowest BCUT2D eigenvalue weighted by molar-refractivity contribution is -0.136. The van der Waals surface area contributed by atoms with Gasteiger partial charge in [-0.15, -0.1) is 0 Å². The lowest BCUT2D eigenvalue weighted by atomic mass is 10.0. The van der Waals surface area contributed by atoms with Crippen molar-refractivity contribution in [3.63, 3.8) is 0 Å². The number of hydrogen-bond acceptors (Lipinski definition) is 4. The largest absolute Gasteiger partial charge is 0.466 e. The van der Waals surface area contributed by atoms with Crippen LogP contribution in [0.25, 0.3) is 0 Å². The van der Waals surface area contributed by atoms with E-state index < -0.39 is 0 Å². The van der Waals surface area contributed by atoms with Gasteiger partial charge in [0.15, 0.2) is 0 Å². The summed E-state index contributed by atoms with van der Waals surface area (Å²) in [6.07, 6.45) is 3.71. The van der Waals surface area contributed by atoms with E-state index in [2.05, 4.69) is 11.8 Å². The maximum absolute atomic E-state index is 11.4. The van der Waals surface area contributed by atoms with Crippen molar-refractivity contribution < 1.29 is 14.6 Å². The molecule has 0 bridgehead atoms. The first kappa shape index (κ1) is 14.2. The molecular weight excluding hydrogens is 218 g/mol. The molecule has 0 saturated carbocycles. The minimum absolute atomic E-state index is 0.189. The van der Waals surface area contributed by atoms with Gasteiger partial charge in [-0.1, -0.05) is 19.9 Å². The molecule has 4 nitrogen and oxygen atoms in total. The molecule has 0 aliphatic carbocycles. The molecular formula is C13H23NO3. The van der Waals surface area contributed by atoms with Gasteiger partial charge in [-0.25, -0.2) is 4.79 Å². The minimum Gasteiger partial charge on any atom is -0.466 e. The van der Waals surface area contributed by atoms with E-state index in [1.165, 1.54) is 7.11 Å². The normalized spacial score (nSPS) is 26.2. The number of likely N-dealkylation sites (tertiary alicyclic amines) is 1. The van der Waals surface area contributed by atoms with Gasteiger partial charge in [0.2, 0.25) is 0 Å². The highest BCUT2D eigenvalue weighted by molar-refractivity contribution is 5.88. The monoisotopic (exact) mass is 241 g/mol. The molecule has 2 atom stereocenters. The molecule has 0 aromatic rings. The molecule has 1 rings (SSSR count). The number of ether oxygens (including phenoxy) is 1. The van der Waals surface area contributed by atoms with Crippen molar-refractivity contribution in [1.29, 1.82) is 0 Å². The average molecular weight is 241 g/mol. The Bertz CT molecular complexity index is 288. The molecule has 1 N–H and O–H groups in total. The van der Waals surface area contributed by atoms with Gasteiger partial charge >= 0.3 is 5.97 Å². The van der Waals surface area contributed by atoms with Crippen molar-refractivity contribution in [2.45, 2.75) is 32.7 Å². The summed E-state index contributed by atoms with van der Waals surface area (Å²) >= 11 is 0. The van der Waals surface area contributed by atoms with E-state index in [9.17, 15) is 9.90 Å². The summed E-state index contributed by atoms with van der Waals surface area (Å²) in [4.78, 5) is 13.6. The SMILES string of the molecule is CCC(=CCN1CCC(C)C1CO)C(=O)OC. The van der Waals surface area contributed by atoms with E-state index in [1.807, 2.05) is 13.0 Å². The first-order valence-corrected chi connectivity index (χ1v) is 6.26. The number of nitrogens with zero attached hydrogens (tertiary/aromatic N) is 1. The van der Waals surface area contributed by atoms with E-state index in [0.29, 0.717) is 24.5 Å². The molecule has 0 amide bonds. The average Bonchev–Trinajstić information content (AvgIpc) is 2.70. The topological polar surface area (TPSA) is 49.8 Å². The Morgan fingerprint density at radius 1 is 1.59 bits per heavy atom. The molecule has 4 heteroatoms. The number of carbonyl (C=O) groups is 1. The van der Waals surface area contributed by atoms with Gasteiger partial charge in [-0.2, -0.15) is 0 Å². The quantitative estimate of drug-likeness (QED) is 0.580. The van der Waals surface area contributed by atoms with Crippen LogP contribution in [0, 0.1) is 5.92 Å². The first-order chi connectivity index (χ1) is 8.13. The van der Waals surface area contributed by atoms with Crippen LogP contribution >= 0.6 is 0 Å². The number of carbonyl (C=O) groups excluding carboxylic acids is 1. The van der Waals surface area contributed by atoms with Crippen LogP contribution in [0.1, 0.15) is 26.7 Å². The summed E-state index contributed by atoms with van der Waals surface area (Å²) < 4.78 is 4.72. The van der Waals surface area contributed by atoms with Gasteiger partial charge in [0.05, 0.1) is 13.7 Å². The Hall–Kier alpha value is -0.870. The summed E-state index contributed by atoms with van der Waals surface area (Å²) in [5.41, 5.74) is 0.712. The number of methoxy groups -OCH3 is 1. The zero-order chi connectivity index (χ0) is 12.8. The zero-order valence-corrected chi connectivity index (χ0v) is 11.0. The Morgan fingerprint density at radius 2 is 2.29 bits per heavy atom. The molecule has 1 saturated heterocycles. The van der Waals surface area contributed by atoms with Crippen LogP contribution in [0.3, 0.4) is 0 Å². The Balaban J connectivity index is 2.59. The van der Waals surface area contributed by atoms with Gasteiger partial charge in [0.25, 0.3) is 0 Å². The van der Waals surface area contributed by atoms with E-state index in [1.54, 1.807) is 0 Å². The second kappa shape index (κ2) is 6.77. The van der Waals surface area contributed by atoms with Crippen LogP contribution < -0.4 is 0 Å². The van der Waals surface area contributed by atoms with Gasteiger partial charge in [-0.05, 0) is 25.3 Å². The highest BCUT2D eigenvalue weighted by Gasteiger charge is 2.29. The number of aliphatic hydroxyl groups is 1. The van der Waals surface area contributed by atoms with E-state index >= 15 is 0 Å². The van der Waals surface area contributed by atoms with Crippen LogP contribution in [0.4, 0.5) is 0 Å². The summed E-state index contributed by atoms with van der Waals surface area (Å²) in [6, 6.07) is 0.224. The molecule has 1 heterocycles. The standard InChI is InChI=1S/C13H23NO3/c1-4-11(13(16)17-3)6-8-14-7-5-10(2)12(14)9-15/h6,10,12,15H,4-5,7-9H2,1-3H3. The Morgan fingerprint density at radius 3 is 2.82 bits per heavy atom. The lowest BCUT2D eigenvalue weighted by Crippen LogP contribution is -2.35. The van der Waals surface area contributed by atoms with Crippen molar-refractivity contribution in [2.75, 3.05) is 26.8 Å². The van der Waals surface area contributed by atoms with Crippen LogP contribution in [-0.4, -0.2) is 48.8 Å². The second-order valence-electron chi connectivity index (χ2n) is 4.59. The van der Waals surface area contributed by atoms with Crippen molar-refractivity contribution >= 4 is 5.97 Å². The maximum Gasteiger partial charge on any atom is 0.333 e. The van der Waals surface area contributed by atoms with Crippen molar-refractivity contribution in [1.82, 2.24) is 4.90 Å². The van der Waals surface area contributed by atoms with Crippen LogP contribution in [0.15, 0.2) is 11.6 Å². The third-order valence-corrected chi connectivity index (χ3v) is 3.59. The van der Waals surface area contributed by atoms with Gasteiger partial charge in [0, 0.05) is 18.2 Å². The number of hydrogen-bond donors (Lipinski definition) is 1. The smallest absolute Gasteiger partial charge is 0.333 e. The molecule has 1 fully saturated rings. The van der Waals surface area contributed by atoms with Crippen molar-refractivity contribution in [3.05, 3.63) is 11.6 Å². The second-order valence-corrected chi connectivity index (χ2v) is 4.59. The summed E-state index contributed by atoms with van der Waals surface area (Å²) in [5.74, 6) is 0.275. The van der Waals surface area contributed by atoms with Crippen LogP contribution in [-0.2, 0) is 9.53 Å². The number of rotatable bonds is 5. The molecule has 0 aromatic heterocycles. The molecule has 0 radical (unpaired) electrons. The lowest BCUT2D eigenvalue weighted by Gasteiger charge is -2.23. The summed E-state index contributed by atoms with van der Waals surface area (Å²) in [5, 5.41) is 9.33. The first-order valence-electron chi connectivity index (χ1n) is 6.26. The Labute approximate surface area is 103 Å². The van der Waals surface area contributed by atoms with Gasteiger partial charge in [-0.3, -0.25) is 4.90 Å². The van der Waals surface area contributed by atoms with Gasteiger partial charge < -0.3 is 9.84 Å². The number of esters is 1. The molecule has 1 aliphatic heterocycles. The summed E-state index contributed by atoms with van der Waals surface area (Å²) in [7, 11) is 1.40. The maximum atomic E-state index is 11.4. The Kier molecular flexibility index (Phi) is 5.65. The molecule has 1 aliphatic rings. The zero-order valence-electron chi connectivity index (χ0n) is 11.0. The van der Waals surface area contributed by atoms with Crippen LogP contribution in [0.2, 0.25) is 0 Å². The minimum atomic E-state index is -0.250. The predicted octanol–water partition coefficient (Wildman–Crippen LogP) is 1.20. The van der Waals surface area contributed by atoms with E-state index in [4.69, 9.17) is 4.74 Å². The third-order valence-electron chi connectivity index (χ3n) is 3.59. The fourth-order valence-corrected chi connectivity index (χ4v) is 2.34.